The van der Waals surface area contributed by atoms with Crippen molar-refractivity contribution in [3.63, 3.8) is 0 Å². The first-order valence-corrected chi connectivity index (χ1v) is 3.99. The second-order valence-electron chi connectivity index (χ2n) is 2.23. The average molecular weight is 184 g/mol. The van der Waals surface area contributed by atoms with Crippen LogP contribution in [0.4, 0.5) is 4.79 Å². The van der Waals surface area contributed by atoms with Crippen molar-refractivity contribution in [1.29, 1.82) is 0 Å². The first kappa shape index (κ1) is 7.17. The van der Waals surface area contributed by atoms with Crippen molar-refractivity contribution in [2.45, 2.75) is 6.04 Å². The molecule has 1 aromatic heterocycles. The molecule has 1 aromatic rings. The Morgan fingerprint density at radius 2 is 2.33 bits per heavy atom. The van der Waals surface area contributed by atoms with Crippen LogP contribution in [0.5, 0.6) is 0 Å². The molecule has 2 N–H and O–H groups in total. The van der Waals surface area contributed by atoms with E-state index in [2.05, 4.69) is 20.2 Å². The number of nitrogens with zero attached hydrogens (tertiary/aromatic N) is 2. The van der Waals surface area contributed by atoms with Gasteiger partial charge in [-0.05, 0) is 11.5 Å². The molecule has 1 atom stereocenters. The van der Waals surface area contributed by atoms with Gasteiger partial charge in [-0.2, -0.15) is 0 Å². The van der Waals surface area contributed by atoms with Crippen LogP contribution in [-0.2, 0) is 4.79 Å². The van der Waals surface area contributed by atoms with E-state index >= 15 is 0 Å². The fourth-order valence-electron chi connectivity index (χ4n) is 0.923. The third-order valence-corrected chi connectivity index (χ3v) is 1.97. The second kappa shape index (κ2) is 2.52. The Kier molecular flexibility index (Phi) is 1.51. The highest BCUT2D eigenvalue weighted by atomic mass is 32.1. The normalized spacial score (nSPS) is 22.2. The van der Waals surface area contributed by atoms with Gasteiger partial charge in [0.2, 0.25) is 0 Å². The Balaban J connectivity index is 2.26. The van der Waals surface area contributed by atoms with E-state index in [0.29, 0.717) is 5.69 Å². The summed E-state index contributed by atoms with van der Waals surface area (Å²) >= 11 is 1.14. The molecule has 0 spiro atoms. The van der Waals surface area contributed by atoms with E-state index in [1.165, 1.54) is 0 Å². The lowest BCUT2D eigenvalue weighted by Crippen LogP contribution is -2.22. The molecule has 1 aliphatic rings. The summed E-state index contributed by atoms with van der Waals surface area (Å²) in [6.07, 6.45) is 0. The van der Waals surface area contributed by atoms with E-state index in [1.54, 1.807) is 5.38 Å². The molecule has 1 saturated heterocycles. The van der Waals surface area contributed by atoms with Gasteiger partial charge in [-0.1, -0.05) is 4.49 Å². The van der Waals surface area contributed by atoms with E-state index in [1.807, 2.05) is 0 Å². The summed E-state index contributed by atoms with van der Waals surface area (Å²) in [6.45, 7) is 0. The Morgan fingerprint density at radius 3 is 2.83 bits per heavy atom. The number of carbonyl (C=O) groups is 2. The molecule has 1 fully saturated rings. The molecule has 2 heterocycles. The molecule has 3 amide bonds. The topological polar surface area (TPSA) is 84.0 Å². The largest absolute Gasteiger partial charge is 0.322 e. The fourth-order valence-corrected chi connectivity index (χ4v) is 1.40. The van der Waals surface area contributed by atoms with E-state index in [9.17, 15) is 9.59 Å². The predicted molar refractivity (Wildman–Crippen MR) is 39.3 cm³/mol. The van der Waals surface area contributed by atoms with Gasteiger partial charge in [-0.3, -0.25) is 10.1 Å². The van der Waals surface area contributed by atoms with E-state index in [-0.39, 0.29) is 5.91 Å². The van der Waals surface area contributed by atoms with E-state index in [4.69, 9.17) is 0 Å². The standard InChI is InChI=1S/C5H4N4O2S/c10-4-3(6-5(11)7-4)2-1-12-9-8-2/h1,3H,(H2,6,7,10,11). The van der Waals surface area contributed by atoms with Crippen LogP contribution < -0.4 is 10.6 Å². The molecule has 1 unspecified atom stereocenters. The molecule has 0 radical (unpaired) electrons. The number of hydrogen-bond donors (Lipinski definition) is 2. The number of urea groups is 1. The Bertz CT molecular complexity index is 322. The van der Waals surface area contributed by atoms with Gasteiger partial charge in [0.05, 0.1) is 0 Å². The zero-order chi connectivity index (χ0) is 8.55. The lowest BCUT2D eigenvalue weighted by atomic mass is 10.2. The maximum atomic E-state index is 11.0. The van der Waals surface area contributed by atoms with Crippen molar-refractivity contribution in [2.24, 2.45) is 0 Å². The molecule has 6 nitrogen and oxygen atoms in total. The minimum Gasteiger partial charge on any atom is -0.320 e. The van der Waals surface area contributed by atoms with Crippen molar-refractivity contribution < 1.29 is 9.59 Å². The van der Waals surface area contributed by atoms with Crippen LogP contribution in [0.2, 0.25) is 0 Å². The van der Waals surface area contributed by atoms with Crippen LogP contribution in [0.3, 0.4) is 0 Å². The molecule has 0 bridgehead atoms. The van der Waals surface area contributed by atoms with Crippen LogP contribution in [0.25, 0.3) is 0 Å². The van der Waals surface area contributed by atoms with Crippen LogP contribution in [0.1, 0.15) is 11.7 Å². The second-order valence-corrected chi connectivity index (χ2v) is 2.84. The number of nitrogens with one attached hydrogen (secondary N) is 2. The Morgan fingerprint density at radius 1 is 1.50 bits per heavy atom. The number of rotatable bonds is 1. The molecular formula is C5H4N4O2S. The summed E-state index contributed by atoms with van der Waals surface area (Å²) in [5.74, 6) is -0.382. The van der Waals surface area contributed by atoms with Crippen molar-refractivity contribution in [2.75, 3.05) is 0 Å². The quantitative estimate of drug-likeness (QED) is 0.572. The number of aromatic nitrogens is 2. The van der Waals surface area contributed by atoms with Crippen molar-refractivity contribution >= 4 is 23.5 Å². The Labute approximate surface area is 71.1 Å². The molecule has 1 aliphatic heterocycles. The van der Waals surface area contributed by atoms with Gasteiger partial charge in [0.25, 0.3) is 5.91 Å². The molecule has 2 rings (SSSR count). The summed E-state index contributed by atoms with van der Waals surface area (Å²) in [7, 11) is 0. The van der Waals surface area contributed by atoms with Crippen LogP contribution >= 0.6 is 11.5 Å². The van der Waals surface area contributed by atoms with Crippen molar-refractivity contribution in [3.05, 3.63) is 11.1 Å². The smallest absolute Gasteiger partial charge is 0.320 e. The average Bonchev–Trinajstić information content (AvgIpc) is 2.58. The maximum absolute atomic E-state index is 11.0. The lowest BCUT2D eigenvalue weighted by molar-refractivity contribution is -0.120. The van der Waals surface area contributed by atoms with Gasteiger partial charge in [-0.15, -0.1) is 5.10 Å². The number of carbonyl (C=O) groups excluding carboxylic acids is 2. The third-order valence-electron chi connectivity index (χ3n) is 1.45. The van der Waals surface area contributed by atoms with E-state index in [0.717, 1.165) is 11.5 Å². The molecular weight excluding hydrogens is 180 g/mol. The molecule has 12 heavy (non-hydrogen) atoms. The van der Waals surface area contributed by atoms with Crippen LogP contribution in [-0.4, -0.2) is 21.5 Å². The van der Waals surface area contributed by atoms with Crippen molar-refractivity contribution in [3.8, 4) is 0 Å². The summed E-state index contributed by atoms with van der Waals surface area (Å²) in [5.41, 5.74) is 0.475. The van der Waals surface area contributed by atoms with Gasteiger partial charge in [0, 0.05) is 5.38 Å². The molecule has 0 aliphatic carbocycles. The summed E-state index contributed by atoms with van der Waals surface area (Å²) < 4.78 is 3.59. The van der Waals surface area contributed by atoms with Crippen LogP contribution in [0.15, 0.2) is 5.38 Å². The molecule has 62 valence electrons. The Hall–Kier alpha value is -1.50. The van der Waals surface area contributed by atoms with Gasteiger partial charge in [0.1, 0.15) is 5.69 Å². The SMILES string of the molecule is O=C1NC(=O)C(c2csnn2)N1. The minimum absolute atomic E-state index is 0.382. The lowest BCUT2D eigenvalue weighted by Gasteiger charge is -1.99. The first-order chi connectivity index (χ1) is 5.77. The zero-order valence-corrected chi connectivity index (χ0v) is 6.59. The van der Waals surface area contributed by atoms with Gasteiger partial charge in [0.15, 0.2) is 6.04 Å². The first-order valence-electron chi connectivity index (χ1n) is 3.15. The highest BCUT2D eigenvalue weighted by Gasteiger charge is 2.32. The maximum Gasteiger partial charge on any atom is 0.322 e. The van der Waals surface area contributed by atoms with Gasteiger partial charge >= 0.3 is 6.03 Å². The van der Waals surface area contributed by atoms with Gasteiger partial charge < -0.3 is 5.32 Å². The monoisotopic (exact) mass is 184 g/mol. The van der Waals surface area contributed by atoms with E-state index < -0.39 is 12.1 Å². The fraction of sp³-hybridized carbons (Fsp3) is 0.200. The van der Waals surface area contributed by atoms with Crippen molar-refractivity contribution in [1.82, 2.24) is 20.2 Å². The van der Waals surface area contributed by atoms with Crippen LogP contribution in [0, 0.1) is 0 Å². The number of hydrogen-bond acceptors (Lipinski definition) is 5. The third kappa shape index (κ3) is 1.03. The predicted octanol–water partition coefficient (Wildman–Crippen LogP) is -0.581. The highest BCUT2D eigenvalue weighted by molar-refractivity contribution is 7.03. The zero-order valence-electron chi connectivity index (χ0n) is 5.77. The molecule has 7 heteroatoms. The summed E-state index contributed by atoms with van der Waals surface area (Å²) in [6, 6.07) is -1.16. The highest BCUT2D eigenvalue weighted by Crippen LogP contribution is 2.14. The minimum atomic E-state index is -0.670. The molecule has 0 saturated carbocycles. The number of imide groups is 1. The number of amides is 3. The summed E-state index contributed by atoms with van der Waals surface area (Å²) in [4.78, 5) is 21.7. The summed E-state index contributed by atoms with van der Waals surface area (Å²) in [5, 5.41) is 9.81. The molecule has 0 aromatic carbocycles. The van der Waals surface area contributed by atoms with Gasteiger partial charge in [-0.25, -0.2) is 4.79 Å².